The number of anilines is 1. The molecule has 17 heavy (non-hydrogen) atoms. The van der Waals surface area contributed by atoms with Crippen molar-refractivity contribution in [3.05, 3.63) is 46.5 Å². The minimum atomic E-state index is 0.137. The highest BCUT2D eigenvalue weighted by molar-refractivity contribution is 6.29. The van der Waals surface area contributed by atoms with Gasteiger partial charge in [-0.2, -0.15) is 0 Å². The smallest absolute Gasteiger partial charge is 0.131 e. The molecule has 0 aliphatic carbocycles. The number of rotatable bonds is 3. The molecule has 0 fully saturated rings. The van der Waals surface area contributed by atoms with Gasteiger partial charge in [0.15, 0.2) is 0 Å². The Hall–Kier alpha value is -1.48. The zero-order valence-corrected chi connectivity index (χ0v) is 10.9. The van der Waals surface area contributed by atoms with Crippen LogP contribution < -0.4 is 5.32 Å². The molecule has 0 spiro atoms. The molecule has 0 aromatic carbocycles. The molecule has 4 heteroatoms. The monoisotopic (exact) mass is 250 g/mol. The van der Waals surface area contributed by atoms with Crippen LogP contribution in [0.4, 0.5) is 5.82 Å². The van der Waals surface area contributed by atoms with E-state index in [0.29, 0.717) is 5.15 Å². The van der Waals surface area contributed by atoms with Crippen molar-refractivity contribution < 1.29 is 4.42 Å². The van der Waals surface area contributed by atoms with E-state index in [4.69, 9.17) is 16.0 Å². The molecule has 1 N–H and O–H groups in total. The summed E-state index contributed by atoms with van der Waals surface area (Å²) in [6.45, 7) is 5.98. The topological polar surface area (TPSA) is 38.1 Å². The van der Waals surface area contributed by atoms with Gasteiger partial charge in [0.2, 0.25) is 0 Å². The number of hydrogen-bond acceptors (Lipinski definition) is 3. The van der Waals surface area contributed by atoms with Crippen LogP contribution in [0.5, 0.6) is 0 Å². The summed E-state index contributed by atoms with van der Waals surface area (Å²) in [6, 6.07) is 7.70. The number of aromatic nitrogens is 1. The summed E-state index contributed by atoms with van der Waals surface area (Å²) in [6.07, 6.45) is 0. The first-order valence-electron chi connectivity index (χ1n) is 5.52. The van der Waals surface area contributed by atoms with Gasteiger partial charge in [-0.25, -0.2) is 4.98 Å². The van der Waals surface area contributed by atoms with Gasteiger partial charge in [0, 0.05) is 5.56 Å². The zero-order chi connectivity index (χ0) is 12.4. The molecule has 0 saturated heterocycles. The molecule has 0 radical (unpaired) electrons. The normalized spacial score (nSPS) is 12.5. The van der Waals surface area contributed by atoms with Gasteiger partial charge < -0.3 is 9.73 Å². The van der Waals surface area contributed by atoms with E-state index in [9.17, 15) is 0 Å². The molecule has 3 nitrogen and oxygen atoms in total. The molecular formula is C13H15ClN2O. The average molecular weight is 251 g/mol. The SMILES string of the molecule is Cc1cc(C(C)Nc2cccc(Cl)n2)c(C)o1. The summed E-state index contributed by atoms with van der Waals surface area (Å²) in [5.74, 6) is 2.62. The van der Waals surface area contributed by atoms with E-state index < -0.39 is 0 Å². The van der Waals surface area contributed by atoms with Crippen LogP contribution in [-0.2, 0) is 0 Å². The van der Waals surface area contributed by atoms with E-state index in [1.54, 1.807) is 6.07 Å². The summed E-state index contributed by atoms with van der Waals surface area (Å²) < 4.78 is 5.51. The second-order valence-electron chi connectivity index (χ2n) is 4.08. The summed E-state index contributed by atoms with van der Waals surface area (Å²) in [5.41, 5.74) is 1.14. The fourth-order valence-corrected chi connectivity index (χ4v) is 2.03. The van der Waals surface area contributed by atoms with Gasteiger partial charge in [0.25, 0.3) is 0 Å². The van der Waals surface area contributed by atoms with E-state index in [1.165, 1.54) is 0 Å². The predicted molar refractivity (Wildman–Crippen MR) is 69.5 cm³/mol. The van der Waals surface area contributed by atoms with Crippen LogP contribution in [0.1, 0.15) is 30.0 Å². The van der Waals surface area contributed by atoms with Crippen LogP contribution in [0.15, 0.2) is 28.7 Å². The largest absolute Gasteiger partial charge is 0.466 e. The van der Waals surface area contributed by atoms with Gasteiger partial charge in [-0.1, -0.05) is 17.7 Å². The molecule has 1 unspecified atom stereocenters. The molecule has 2 aromatic rings. The summed E-state index contributed by atoms with van der Waals surface area (Å²) in [5, 5.41) is 3.79. The first kappa shape index (κ1) is 12.0. The van der Waals surface area contributed by atoms with Crippen LogP contribution in [0, 0.1) is 13.8 Å². The van der Waals surface area contributed by atoms with Crippen molar-refractivity contribution in [2.24, 2.45) is 0 Å². The molecule has 0 saturated carbocycles. The highest BCUT2D eigenvalue weighted by atomic mass is 35.5. The van der Waals surface area contributed by atoms with Gasteiger partial charge in [0.1, 0.15) is 22.5 Å². The van der Waals surface area contributed by atoms with Crippen molar-refractivity contribution in [1.29, 1.82) is 0 Å². The number of nitrogens with zero attached hydrogens (tertiary/aromatic N) is 1. The summed E-state index contributed by atoms with van der Waals surface area (Å²) in [4.78, 5) is 4.20. The number of furan rings is 1. The van der Waals surface area contributed by atoms with Crippen LogP contribution in [0.3, 0.4) is 0 Å². The number of nitrogens with one attached hydrogen (secondary N) is 1. The Morgan fingerprint density at radius 2 is 2.12 bits per heavy atom. The summed E-state index contributed by atoms with van der Waals surface area (Å²) >= 11 is 5.84. The molecule has 0 aliphatic heterocycles. The fourth-order valence-electron chi connectivity index (χ4n) is 1.87. The molecule has 0 aliphatic rings. The van der Waals surface area contributed by atoms with E-state index in [0.717, 1.165) is 22.9 Å². The van der Waals surface area contributed by atoms with Gasteiger partial charge in [0.05, 0.1) is 6.04 Å². The lowest BCUT2D eigenvalue weighted by molar-refractivity contribution is 0.500. The van der Waals surface area contributed by atoms with Crippen LogP contribution in [-0.4, -0.2) is 4.98 Å². The molecule has 0 amide bonds. The Labute approximate surface area is 106 Å². The fraction of sp³-hybridized carbons (Fsp3) is 0.308. The summed E-state index contributed by atoms with van der Waals surface area (Å²) in [7, 11) is 0. The Bertz CT molecular complexity index is 522. The first-order chi connectivity index (χ1) is 8.06. The molecular weight excluding hydrogens is 236 g/mol. The number of halogens is 1. The van der Waals surface area contributed by atoms with Gasteiger partial charge >= 0.3 is 0 Å². The highest BCUT2D eigenvalue weighted by Gasteiger charge is 2.12. The zero-order valence-electron chi connectivity index (χ0n) is 10.1. The van der Waals surface area contributed by atoms with Crippen molar-refractivity contribution in [2.45, 2.75) is 26.8 Å². The van der Waals surface area contributed by atoms with Gasteiger partial charge in [-0.3, -0.25) is 0 Å². The lowest BCUT2D eigenvalue weighted by Crippen LogP contribution is -2.08. The highest BCUT2D eigenvalue weighted by Crippen LogP contribution is 2.24. The van der Waals surface area contributed by atoms with Crippen LogP contribution in [0.2, 0.25) is 5.15 Å². The quantitative estimate of drug-likeness (QED) is 0.833. The van der Waals surface area contributed by atoms with E-state index >= 15 is 0 Å². The lowest BCUT2D eigenvalue weighted by Gasteiger charge is -2.13. The average Bonchev–Trinajstić information content (AvgIpc) is 2.58. The molecule has 2 rings (SSSR count). The van der Waals surface area contributed by atoms with Crippen molar-refractivity contribution in [1.82, 2.24) is 4.98 Å². The molecule has 1 atom stereocenters. The lowest BCUT2D eigenvalue weighted by atomic mass is 10.1. The molecule has 90 valence electrons. The Morgan fingerprint density at radius 1 is 1.35 bits per heavy atom. The minimum absolute atomic E-state index is 0.137. The van der Waals surface area contributed by atoms with Gasteiger partial charge in [-0.05, 0) is 39.0 Å². The van der Waals surface area contributed by atoms with Crippen LogP contribution >= 0.6 is 11.6 Å². The van der Waals surface area contributed by atoms with Crippen molar-refractivity contribution in [2.75, 3.05) is 5.32 Å². The standard InChI is InChI=1S/C13H15ClN2O/c1-8-7-11(10(3)17-8)9(2)15-13-6-4-5-12(14)16-13/h4-7,9H,1-3H3,(H,15,16). The van der Waals surface area contributed by atoms with Gasteiger partial charge in [-0.15, -0.1) is 0 Å². The Kier molecular flexibility index (Phi) is 3.38. The maximum absolute atomic E-state index is 5.84. The number of pyridine rings is 1. The second kappa shape index (κ2) is 4.80. The van der Waals surface area contributed by atoms with E-state index in [-0.39, 0.29) is 6.04 Å². The second-order valence-corrected chi connectivity index (χ2v) is 4.47. The third-order valence-electron chi connectivity index (χ3n) is 2.63. The predicted octanol–water partition coefficient (Wildman–Crippen LogP) is 4.12. The van der Waals surface area contributed by atoms with Crippen molar-refractivity contribution in [3.63, 3.8) is 0 Å². The van der Waals surface area contributed by atoms with Crippen molar-refractivity contribution >= 4 is 17.4 Å². The Morgan fingerprint density at radius 3 is 2.71 bits per heavy atom. The van der Waals surface area contributed by atoms with E-state index in [2.05, 4.69) is 17.2 Å². The molecule has 2 aromatic heterocycles. The number of hydrogen-bond donors (Lipinski definition) is 1. The third-order valence-corrected chi connectivity index (χ3v) is 2.84. The van der Waals surface area contributed by atoms with Crippen molar-refractivity contribution in [3.8, 4) is 0 Å². The Balaban J connectivity index is 2.16. The molecule has 0 bridgehead atoms. The number of aryl methyl sites for hydroxylation is 2. The maximum atomic E-state index is 5.84. The van der Waals surface area contributed by atoms with Crippen LogP contribution in [0.25, 0.3) is 0 Å². The van der Waals surface area contributed by atoms with E-state index in [1.807, 2.05) is 32.0 Å². The third kappa shape index (κ3) is 2.80. The first-order valence-corrected chi connectivity index (χ1v) is 5.90. The maximum Gasteiger partial charge on any atom is 0.131 e. The minimum Gasteiger partial charge on any atom is -0.466 e. The molecule has 2 heterocycles.